The Balaban J connectivity index is 2.27. The fraction of sp³-hybridized carbons (Fsp3) is 0.0714. The van der Waals surface area contributed by atoms with Gasteiger partial charge in [0.15, 0.2) is 5.78 Å². The quantitative estimate of drug-likeness (QED) is 0.833. The Morgan fingerprint density at radius 2 is 1.61 bits per heavy atom. The van der Waals surface area contributed by atoms with Gasteiger partial charge in [-0.05, 0) is 23.8 Å². The van der Waals surface area contributed by atoms with Gasteiger partial charge in [-0.2, -0.15) is 0 Å². The predicted molar refractivity (Wildman–Crippen MR) is 65.7 cm³/mol. The largest absolute Gasteiger partial charge is 0.478 e. The summed E-state index contributed by atoms with van der Waals surface area (Å²) in [5.74, 6) is -1.30. The fourth-order valence-electron chi connectivity index (χ4n) is 1.69. The molecule has 0 saturated carbocycles. The minimum atomic E-state index is -1.09. The molecule has 2 rings (SSSR count). The Kier molecular flexibility index (Phi) is 3.48. The first-order valence-corrected chi connectivity index (χ1v) is 5.43. The average Bonchev–Trinajstić information content (AvgIpc) is 2.40. The van der Waals surface area contributed by atoms with E-state index in [2.05, 4.69) is 4.98 Å². The number of carboxylic acids is 1. The second kappa shape index (κ2) is 5.23. The van der Waals surface area contributed by atoms with E-state index in [1.165, 1.54) is 12.1 Å². The van der Waals surface area contributed by atoms with Crippen LogP contribution in [0.3, 0.4) is 0 Å². The van der Waals surface area contributed by atoms with Crippen LogP contribution in [0, 0.1) is 0 Å². The molecule has 0 amide bonds. The molecule has 0 aliphatic heterocycles. The predicted octanol–water partition coefficient (Wildman–Crippen LogP) is 2.21. The lowest BCUT2D eigenvalue weighted by Crippen LogP contribution is -2.10. The van der Waals surface area contributed by atoms with Gasteiger partial charge in [-0.3, -0.25) is 9.78 Å². The highest BCUT2D eigenvalue weighted by molar-refractivity contribution is 6.06. The minimum absolute atomic E-state index is 0.0385. The third kappa shape index (κ3) is 2.60. The van der Waals surface area contributed by atoms with Crippen molar-refractivity contribution in [3.63, 3.8) is 0 Å². The molecule has 1 heterocycles. The van der Waals surface area contributed by atoms with Crippen LogP contribution < -0.4 is 0 Å². The Labute approximate surface area is 104 Å². The zero-order valence-corrected chi connectivity index (χ0v) is 9.54. The summed E-state index contributed by atoms with van der Waals surface area (Å²) >= 11 is 0. The number of hydrogen-bond donors (Lipinski definition) is 1. The number of nitrogens with zero attached hydrogens (tertiary/aromatic N) is 1. The third-order valence-corrected chi connectivity index (χ3v) is 2.57. The highest BCUT2D eigenvalue weighted by Crippen LogP contribution is 2.12. The van der Waals surface area contributed by atoms with Crippen molar-refractivity contribution in [2.75, 3.05) is 0 Å². The summed E-state index contributed by atoms with van der Waals surface area (Å²) in [7, 11) is 0. The Morgan fingerprint density at radius 1 is 1.00 bits per heavy atom. The van der Waals surface area contributed by atoms with Gasteiger partial charge in [0.2, 0.25) is 0 Å². The van der Waals surface area contributed by atoms with Crippen molar-refractivity contribution >= 4 is 11.8 Å². The maximum atomic E-state index is 12.1. The van der Waals surface area contributed by atoms with E-state index in [0.717, 1.165) is 5.56 Å². The number of ketones is 1. The molecule has 1 aromatic heterocycles. The molecule has 1 N–H and O–H groups in total. The molecular weight excluding hydrogens is 230 g/mol. The van der Waals surface area contributed by atoms with Crippen molar-refractivity contribution in [3.8, 4) is 0 Å². The van der Waals surface area contributed by atoms with Gasteiger partial charge in [0, 0.05) is 24.4 Å². The number of rotatable bonds is 4. The molecule has 4 heteroatoms. The molecule has 18 heavy (non-hydrogen) atoms. The highest BCUT2D eigenvalue weighted by Gasteiger charge is 2.15. The van der Waals surface area contributed by atoms with Gasteiger partial charge in [-0.1, -0.05) is 18.2 Å². The summed E-state index contributed by atoms with van der Waals surface area (Å²) < 4.78 is 0. The van der Waals surface area contributed by atoms with Crippen LogP contribution in [0.1, 0.15) is 26.3 Å². The Morgan fingerprint density at radius 3 is 2.22 bits per heavy atom. The monoisotopic (exact) mass is 241 g/mol. The zero-order valence-electron chi connectivity index (χ0n) is 9.54. The molecule has 2 aromatic rings. The number of carbonyl (C=O) groups excluding carboxylic acids is 1. The number of pyridine rings is 1. The Bertz CT molecular complexity index is 579. The standard InChI is InChI=1S/C14H11NO3/c16-13(9-10-5-7-15-8-6-10)11-3-1-2-4-12(11)14(17)18/h1-8H,9H2,(H,17,18). The lowest BCUT2D eigenvalue weighted by Gasteiger charge is -2.04. The molecule has 0 bridgehead atoms. The molecule has 0 atom stereocenters. The summed E-state index contributed by atoms with van der Waals surface area (Å²) in [5.41, 5.74) is 1.09. The summed E-state index contributed by atoms with van der Waals surface area (Å²) in [6.45, 7) is 0. The van der Waals surface area contributed by atoms with E-state index in [-0.39, 0.29) is 23.3 Å². The van der Waals surface area contributed by atoms with Crippen molar-refractivity contribution in [2.24, 2.45) is 0 Å². The van der Waals surface area contributed by atoms with Gasteiger partial charge >= 0.3 is 5.97 Å². The van der Waals surface area contributed by atoms with E-state index < -0.39 is 5.97 Å². The van der Waals surface area contributed by atoms with Crippen LogP contribution in [-0.4, -0.2) is 21.8 Å². The minimum Gasteiger partial charge on any atom is -0.478 e. The summed E-state index contributed by atoms with van der Waals surface area (Å²) in [6, 6.07) is 9.70. The van der Waals surface area contributed by atoms with Gasteiger partial charge in [0.1, 0.15) is 0 Å². The second-order valence-corrected chi connectivity index (χ2v) is 3.81. The summed E-state index contributed by atoms with van der Waals surface area (Å²) in [5, 5.41) is 9.02. The van der Waals surface area contributed by atoms with Gasteiger partial charge in [-0.15, -0.1) is 0 Å². The summed E-state index contributed by atoms with van der Waals surface area (Å²) in [4.78, 5) is 26.9. The maximum Gasteiger partial charge on any atom is 0.336 e. The Hall–Kier alpha value is -2.49. The van der Waals surface area contributed by atoms with E-state index >= 15 is 0 Å². The fourth-order valence-corrected chi connectivity index (χ4v) is 1.69. The topological polar surface area (TPSA) is 67.3 Å². The number of Topliss-reactive ketones (excluding diaryl/α,β-unsaturated/α-hetero) is 1. The van der Waals surface area contributed by atoms with Gasteiger partial charge in [0.05, 0.1) is 5.56 Å². The molecule has 0 aliphatic rings. The van der Waals surface area contributed by atoms with Crippen LogP contribution in [0.25, 0.3) is 0 Å². The molecular formula is C14H11NO3. The smallest absolute Gasteiger partial charge is 0.336 e. The van der Waals surface area contributed by atoms with Crippen LogP contribution in [0.4, 0.5) is 0 Å². The number of aromatic nitrogens is 1. The molecule has 4 nitrogen and oxygen atoms in total. The number of benzene rings is 1. The van der Waals surface area contributed by atoms with Crippen LogP contribution >= 0.6 is 0 Å². The van der Waals surface area contributed by atoms with Gasteiger partial charge in [0.25, 0.3) is 0 Å². The van der Waals surface area contributed by atoms with E-state index in [4.69, 9.17) is 5.11 Å². The van der Waals surface area contributed by atoms with Crippen LogP contribution in [-0.2, 0) is 6.42 Å². The van der Waals surface area contributed by atoms with E-state index in [1.807, 2.05) is 0 Å². The van der Waals surface area contributed by atoms with Crippen molar-refractivity contribution in [3.05, 3.63) is 65.5 Å². The normalized spacial score (nSPS) is 10.0. The first kappa shape index (κ1) is 12.0. The third-order valence-electron chi connectivity index (χ3n) is 2.57. The molecule has 0 saturated heterocycles. The van der Waals surface area contributed by atoms with E-state index in [1.54, 1.807) is 36.7 Å². The summed E-state index contributed by atoms with van der Waals surface area (Å²) in [6.07, 6.45) is 3.38. The van der Waals surface area contributed by atoms with Gasteiger partial charge < -0.3 is 5.11 Å². The number of carbonyl (C=O) groups is 2. The maximum absolute atomic E-state index is 12.1. The SMILES string of the molecule is O=C(O)c1ccccc1C(=O)Cc1ccncc1. The number of aromatic carboxylic acids is 1. The van der Waals surface area contributed by atoms with Crippen LogP contribution in [0.5, 0.6) is 0 Å². The molecule has 0 radical (unpaired) electrons. The van der Waals surface area contributed by atoms with Crippen LogP contribution in [0.2, 0.25) is 0 Å². The molecule has 0 aliphatic carbocycles. The molecule has 0 unspecified atom stereocenters. The van der Waals surface area contributed by atoms with E-state index in [9.17, 15) is 9.59 Å². The van der Waals surface area contributed by atoms with E-state index in [0.29, 0.717) is 0 Å². The van der Waals surface area contributed by atoms with Crippen molar-refractivity contribution in [2.45, 2.75) is 6.42 Å². The van der Waals surface area contributed by atoms with Crippen molar-refractivity contribution < 1.29 is 14.7 Å². The lowest BCUT2D eigenvalue weighted by molar-refractivity contribution is 0.0692. The lowest BCUT2D eigenvalue weighted by atomic mass is 9.99. The first-order valence-electron chi connectivity index (χ1n) is 5.43. The molecule has 90 valence electrons. The highest BCUT2D eigenvalue weighted by atomic mass is 16.4. The number of hydrogen-bond acceptors (Lipinski definition) is 3. The zero-order chi connectivity index (χ0) is 13.0. The average molecular weight is 241 g/mol. The van der Waals surface area contributed by atoms with Crippen LogP contribution in [0.15, 0.2) is 48.8 Å². The van der Waals surface area contributed by atoms with Gasteiger partial charge in [-0.25, -0.2) is 4.79 Å². The molecule has 0 spiro atoms. The number of carboxylic acid groups (broad SMARTS) is 1. The molecule has 0 fully saturated rings. The second-order valence-electron chi connectivity index (χ2n) is 3.81. The first-order chi connectivity index (χ1) is 8.68. The van der Waals surface area contributed by atoms with Crippen molar-refractivity contribution in [1.29, 1.82) is 0 Å². The molecule has 1 aromatic carbocycles. The van der Waals surface area contributed by atoms with Crippen molar-refractivity contribution in [1.82, 2.24) is 4.98 Å².